The number of β-amino-alcohol motifs (C(OH)–C–C–N with tert-alkyl or cyclic N) is 1. The van der Waals surface area contributed by atoms with Crippen LogP contribution in [-0.2, 0) is 9.53 Å². The van der Waals surface area contributed by atoms with Gasteiger partial charge in [0.25, 0.3) is 0 Å². The molecule has 4 rings (SSSR count). The van der Waals surface area contributed by atoms with Crippen molar-refractivity contribution < 1.29 is 23.4 Å². The molecule has 0 amide bonds. The maximum Gasteiger partial charge on any atom is 0.151 e. The third-order valence-corrected chi connectivity index (χ3v) is 6.95. The van der Waals surface area contributed by atoms with E-state index in [2.05, 4.69) is 0 Å². The molecule has 0 aromatic heterocycles. The van der Waals surface area contributed by atoms with Gasteiger partial charge in [-0.3, -0.25) is 14.7 Å². The Morgan fingerprint density at radius 3 is 2.47 bits per heavy atom. The van der Waals surface area contributed by atoms with Crippen molar-refractivity contribution >= 4 is 11.9 Å². The fraction of sp³-hybridized carbons (Fsp3) is 0.464. The number of aliphatic hydroxyl groups is 1. The summed E-state index contributed by atoms with van der Waals surface area (Å²) in [7, 11) is 0. The Labute approximate surface area is 211 Å². The van der Waals surface area contributed by atoms with Crippen LogP contribution in [-0.4, -0.2) is 83.4 Å². The number of carbonyl (C=O) groups excluding carboxylic acids is 1. The van der Waals surface area contributed by atoms with Gasteiger partial charge in [0.1, 0.15) is 24.0 Å². The first-order valence-electron chi connectivity index (χ1n) is 12.4. The molecule has 2 aromatic carbocycles. The van der Waals surface area contributed by atoms with E-state index in [9.17, 15) is 18.7 Å². The topological polar surface area (TPSA) is 56.2 Å². The van der Waals surface area contributed by atoms with Gasteiger partial charge in [0.2, 0.25) is 0 Å². The van der Waals surface area contributed by atoms with Gasteiger partial charge < -0.3 is 14.6 Å². The second-order valence-electron chi connectivity index (χ2n) is 10.3. The summed E-state index contributed by atoms with van der Waals surface area (Å²) in [6.07, 6.45) is 1.30. The summed E-state index contributed by atoms with van der Waals surface area (Å²) in [5, 5.41) is 11.1. The Morgan fingerprint density at radius 2 is 1.83 bits per heavy atom. The zero-order chi connectivity index (χ0) is 25.9. The zero-order valence-corrected chi connectivity index (χ0v) is 21.1. The van der Waals surface area contributed by atoms with Gasteiger partial charge in [0.15, 0.2) is 6.29 Å². The van der Waals surface area contributed by atoms with E-state index in [0.717, 1.165) is 24.0 Å². The number of nitrogens with zero attached hydrogens (tertiary/aromatic N) is 3. The van der Waals surface area contributed by atoms with Gasteiger partial charge in [-0.05, 0) is 50.1 Å². The Balaban J connectivity index is 1.69. The van der Waals surface area contributed by atoms with Crippen LogP contribution in [0, 0.1) is 11.6 Å². The van der Waals surface area contributed by atoms with Gasteiger partial charge >= 0.3 is 0 Å². The van der Waals surface area contributed by atoms with Crippen molar-refractivity contribution in [3.8, 4) is 0 Å². The van der Waals surface area contributed by atoms with Crippen LogP contribution in [0.15, 0.2) is 54.6 Å². The largest absolute Gasteiger partial charge is 0.379 e. The van der Waals surface area contributed by atoms with E-state index in [1.165, 1.54) is 6.07 Å². The molecule has 0 saturated carbocycles. The monoisotopic (exact) mass is 499 g/mol. The lowest BCUT2D eigenvalue weighted by Crippen LogP contribution is -2.61. The van der Waals surface area contributed by atoms with Crippen LogP contribution in [0.5, 0.6) is 0 Å². The summed E-state index contributed by atoms with van der Waals surface area (Å²) >= 11 is 0. The molecular weight excluding hydrogens is 464 g/mol. The Bertz CT molecular complexity index is 1070. The van der Waals surface area contributed by atoms with Crippen LogP contribution in [0.4, 0.5) is 8.78 Å². The molecule has 3 atom stereocenters. The minimum Gasteiger partial charge on any atom is -0.379 e. The van der Waals surface area contributed by atoms with Crippen molar-refractivity contribution in [3.05, 3.63) is 77.4 Å². The van der Waals surface area contributed by atoms with Crippen molar-refractivity contribution in [2.75, 3.05) is 39.4 Å². The molecule has 0 aliphatic carbocycles. The number of rotatable bonds is 8. The van der Waals surface area contributed by atoms with E-state index >= 15 is 0 Å². The maximum absolute atomic E-state index is 14.7. The quantitative estimate of drug-likeness (QED) is 0.560. The molecule has 2 aromatic rings. The number of benzene rings is 2. The van der Waals surface area contributed by atoms with Crippen molar-refractivity contribution in [3.63, 3.8) is 0 Å². The summed E-state index contributed by atoms with van der Waals surface area (Å²) in [5.41, 5.74) is 1.29. The molecule has 194 valence electrons. The van der Waals surface area contributed by atoms with Crippen LogP contribution in [0.3, 0.4) is 0 Å². The van der Waals surface area contributed by atoms with Crippen LogP contribution >= 0.6 is 0 Å². The molecule has 0 spiro atoms. The fourth-order valence-corrected chi connectivity index (χ4v) is 5.02. The molecule has 0 radical (unpaired) electrons. The summed E-state index contributed by atoms with van der Waals surface area (Å²) in [4.78, 5) is 18.6. The first kappa shape index (κ1) is 26.6. The average Bonchev–Trinajstić information content (AvgIpc) is 3.30. The van der Waals surface area contributed by atoms with E-state index < -0.39 is 29.6 Å². The number of hydrogen-bond acceptors (Lipinski definition) is 6. The summed E-state index contributed by atoms with van der Waals surface area (Å²) in [5.74, 6) is -1.02. The molecule has 2 aliphatic rings. The molecule has 36 heavy (non-hydrogen) atoms. The summed E-state index contributed by atoms with van der Waals surface area (Å²) in [6.45, 7) is 8.85. The van der Waals surface area contributed by atoms with Gasteiger partial charge in [-0.15, -0.1) is 0 Å². The number of halogens is 2. The predicted octanol–water partition coefficient (Wildman–Crippen LogP) is 3.68. The third kappa shape index (κ3) is 5.90. The van der Waals surface area contributed by atoms with Crippen LogP contribution < -0.4 is 0 Å². The van der Waals surface area contributed by atoms with E-state index in [-0.39, 0.29) is 24.7 Å². The molecule has 2 heterocycles. The summed E-state index contributed by atoms with van der Waals surface area (Å²) in [6, 6.07) is 12.8. The highest BCUT2D eigenvalue weighted by Crippen LogP contribution is 2.38. The zero-order valence-electron chi connectivity index (χ0n) is 21.1. The first-order valence-corrected chi connectivity index (χ1v) is 12.4. The Kier molecular flexibility index (Phi) is 8.32. The maximum atomic E-state index is 14.7. The minimum atomic E-state index is -0.776. The van der Waals surface area contributed by atoms with Crippen molar-refractivity contribution in [1.82, 2.24) is 14.7 Å². The normalized spacial score (nSPS) is 21.4. The highest BCUT2D eigenvalue weighted by atomic mass is 19.1. The second-order valence-corrected chi connectivity index (χ2v) is 10.3. The number of aldehydes is 1. The molecule has 1 saturated heterocycles. The molecule has 6 nitrogen and oxygen atoms in total. The third-order valence-electron chi connectivity index (χ3n) is 6.95. The van der Waals surface area contributed by atoms with Gasteiger partial charge in [-0.1, -0.05) is 36.4 Å². The number of hydrogen-bond donors (Lipinski definition) is 1. The molecule has 1 fully saturated rings. The number of carbonyl (C=O) groups is 1. The Morgan fingerprint density at radius 1 is 1.14 bits per heavy atom. The molecule has 0 bridgehead atoms. The number of morpholine rings is 1. The number of aliphatic hydroxyl groups excluding tert-OH is 1. The number of ether oxygens (including phenoxy) is 1. The van der Waals surface area contributed by atoms with Crippen molar-refractivity contribution in [1.29, 1.82) is 0 Å². The molecular formula is C28H35F2N3O3. The van der Waals surface area contributed by atoms with Crippen LogP contribution in [0.1, 0.15) is 37.9 Å². The average molecular weight is 500 g/mol. The van der Waals surface area contributed by atoms with Gasteiger partial charge in [0, 0.05) is 37.3 Å². The van der Waals surface area contributed by atoms with Crippen LogP contribution in [0.2, 0.25) is 0 Å². The minimum absolute atomic E-state index is 0.193. The predicted molar refractivity (Wildman–Crippen MR) is 135 cm³/mol. The fourth-order valence-electron chi connectivity index (χ4n) is 5.02. The molecule has 0 unspecified atom stereocenters. The van der Waals surface area contributed by atoms with Crippen LogP contribution in [0.25, 0.3) is 5.57 Å². The second kappa shape index (κ2) is 11.3. The SMILES string of the molecule is CC(C)(C)N(C[C@H](O)N1CCOCC1)[C@@H](C=O)N1CC(c2cc(F)ccc2F)=C[C@H]1c1ccccc1. The van der Waals surface area contributed by atoms with E-state index in [0.29, 0.717) is 31.9 Å². The lowest BCUT2D eigenvalue weighted by Gasteiger charge is -2.46. The van der Waals surface area contributed by atoms with E-state index in [1.54, 1.807) is 0 Å². The van der Waals surface area contributed by atoms with Crippen molar-refractivity contribution in [2.45, 2.75) is 44.7 Å². The smallest absolute Gasteiger partial charge is 0.151 e. The highest BCUT2D eigenvalue weighted by Gasteiger charge is 2.40. The standard InChI is InChI=1S/C28H35F2N3O3/c1-28(2,3)33(18-27(35)31-11-13-36-14-12-31)26(19-34)32-17-21(23-16-22(29)9-10-24(23)30)15-25(32)20-7-5-4-6-8-20/h4-10,15-16,19,25-27,35H,11-14,17-18H2,1-3H3/t25-,26-,27-/m0/s1. The van der Waals surface area contributed by atoms with Gasteiger partial charge in [-0.2, -0.15) is 0 Å². The lowest BCUT2D eigenvalue weighted by atomic mass is 10.0. The summed E-state index contributed by atoms with van der Waals surface area (Å²) < 4.78 is 34.2. The first-order chi connectivity index (χ1) is 17.2. The lowest BCUT2D eigenvalue weighted by molar-refractivity contribution is -0.132. The molecule has 2 aliphatic heterocycles. The van der Waals surface area contributed by atoms with E-state index in [4.69, 9.17) is 4.74 Å². The van der Waals surface area contributed by atoms with Gasteiger partial charge in [-0.25, -0.2) is 8.78 Å². The molecule has 8 heteroatoms. The van der Waals surface area contributed by atoms with Crippen molar-refractivity contribution in [2.24, 2.45) is 0 Å². The van der Waals surface area contributed by atoms with E-state index in [1.807, 2.05) is 71.9 Å². The highest BCUT2D eigenvalue weighted by molar-refractivity contribution is 5.72. The Hall–Kier alpha value is -2.49. The molecule has 1 N–H and O–H groups in total. The van der Waals surface area contributed by atoms with Gasteiger partial charge in [0.05, 0.1) is 19.3 Å².